The molecule has 2 aromatic rings. The second-order valence-electron chi connectivity index (χ2n) is 3.77. The van der Waals surface area contributed by atoms with Gasteiger partial charge in [-0.15, -0.1) is 0 Å². The molecule has 0 radical (unpaired) electrons. The van der Waals surface area contributed by atoms with Crippen LogP contribution in [-0.4, -0.2) is 27.5 Å². The number of carbonyl (C=O) groups is 1. The van der Waals surface area contributed by atoms with Crippen molar-refractivity contribution in [3.8, 4) is 5.75 Å². The molecule has 2 rings (SSSR count). The van der Waals surface area contributed by atoms with Gasteiger partial charge in [0.1, 0.15) is 10.7 Å². The van der Waals surface area contributed by atoms with Gasteiger partial charge in [0.25, 0.3) is 5.91 Å². The Labute approximate surface area is 121 Å². The standard InChI is InChI=1S/C13H12N4O2S/c14-12(20)9-4-1-2-5-10(9)19-8-11(18)17-13-15-6-3-7-16-13/h1-7H,8H2,(H2,14,20)(H,15,16,17,18). The third-order valence-electron chi connectivity index (χ3n) is 2.33. The summed E-state index contributed by atoms with van der Waals surface area (Å²) < 4.78 is 5.40. The summed E-state index contributed by atoms with van der Waals surface area (Å²) >= 11 is 4.91. The minimum Gasteiger partial charge on any atom is -0.483 e. The van der Waals surface area contributed by atoms with Gasteiger partial charge in [0.2, 0.25) is 5.95 Å². The number of nitrogens with zero attached hydrogens (tertiary/aromatic N) is 2. The molecule has 3 N–H and O–H groups in total. The number of aromatic nitrogens is 2. The summed E-state index contributed by atoms with van der Waals surface area (Å²) in [6.07, 6.45) is 3.07. The van der Waals surface area contributed by atoms with E-state index < -0.39 is 0 Å². The Morgan fingerprint density at radius 2 is 1.95 bits per heavy atom. The molecule has 0 aliphatic heterocycles. The predicted molar refractivity (Wildman–Crippen MR) is 78.5 cm³/mol. The molecule has 0 atom stereocenters. The molecule has 1 aromatic carbocycles. The Morgan fingerprint density at radius 3 is 2.65 bits per heavy atom. The first-order valence-electron chi connectivity index (χ1n) is 5.75. The van der Waals surface area contributed by atoms with Crippen molar-refractivity contribution in [3.05, 3.63) is 48.3 Å². The fraction of sp³-hybridized carbons (Fsp3) is 0.0769. The molecule has 20 heavy (non-hydrogen) atoms. The van der Waals surface area contributed by atoms with Crippen molar-refractivity contribution in [3.63, 3.8) is 0 Å². The quantitative estimate of drug-likeness (QED) is 0.802. The minimum absolute atomic E-state index is 0.183. The molecule has 1 heterocycles. The van der Waals surface area contributed by atoms with Crippen LogP contribution in [0.15, 0.2) is 42.7 Å². The molecule has 0 bridgehead atoms. The van der Waals surface area contributed by atoms with Crippen molar-refractivity contribution in [1.29, 1.82) is 0 Å². The fourth-order valence-electron chi connectivity index (χ4n) is 1.46. The van der Waals surface area contributed by atoms with Crippen LogP contribution >= 0.6 is 12.2 Å². The second-order valence-corrected chi connectivity index (χ2v) is 4.21. The Bertz CT molecular complexity index is 619. The van der Waals surface area contributed by atoms with Crippen LogP contribution in [0.2, 0.25) is 0 Å². The van der Waals surface area contributed by atoms with Gasteiger partial charge in [-0.05, 0) is 18.2 Å². The van der Waals surface area contributed by atoms with Gasteiger partial charge in [0.05, 0.1) is 5.56 Å². The lowest BCUT2D eigenvalue weighted by Crippen LogP contribution is -2.22. The van der Waals surface area contributed by atoms with E-state index in [4.69, 9.17) is 22.7 Å². The van der Waals surface area contributed by atoms with Gasteiger partial charge in [-0.25, -0.2) is 9.97 Å². The molecule has 0 saturated heterocycles. The molecule has 7 heteroatoms. The van der Waals surface area contributed by atoms with Crippen LogP contribution in [0, 0.1) is 0 Å². The monoisotopic (exact) mass is 288 g/mol. The van der Waals surface area contributed by atoms with Gasteiger partial charge >= 0.3 is 0 Å². The largest absolute Gasteiger partial charge is 0.483 e. The van der Waals surface area contributed by atoms with E-state index in [0.717, 1.165) is 0 Å². The van der Waals surface area contributed by atoms with E-state index in [1.165, 1.54) is 12.4 Å². The number of benzene rings is 1. The first-order valence-corrected chi connectivity index (χ1v) is 6.16. The lowest BCUT2D eigenvalue weighted by molar-refractivity contribution is -0.118. The number of amides is 1. The van der Waals surface area contributed by atoms with Crippen molar-refractivity contribution in [1.82, 2.24) is 9.97 Å². The number of ether oxygens (including phenoxy) is 1. The van der Waals surface area contributed by atoms with Gasteiger partial charge in [-0.2, -0.15) is 0 Å². The molecule has 0 spiro atoms. The van der Waals surface area contributed by atoms with E-state index >= 15 is 0 Å². The summed E-state index contributed by atoms with van der Waals surface area (Å²) in [5.41, 5.74) is 6.16. The molecule has 102 valence electrons. The molecule has 0 saturated carbocycles. The van der Waals surface area contributed by atoms with Gasteiger partial charge in [-0.3, -0.25) is 10.1 Å². The van der Waals surface area contributed by atoms with Gasteiger partial charge in [0.15, 0.2) is 6.61 Å². The van der Waals surface area contributed by atoms with Crippen LogP contribution in [0.5, 0.6) is 5.75 Å². The van der Waals surface area contributed by atoms with Crippen LogP contribution < -0.4 is 15.8 Å². The maximum atomic E-state index is 11.7. The predicted octanol–water partition coefficient (Wildman–Crippen LogP) is 1.13. The summed E-state index contributed by atoms with van der Waals surface area (Å²) in [7, 11) is 0. The van der Waals surface area contributed by atoms with Crippen LogP contribution in [0.3, 0.4) is 0 Å². The van der Waals surface area contributed by atoms with Gasteiger partial charge in [-0.1, -0.05) is 24.4 Å². The van der Waals surface area contributed by atoms with E-state index in [1.54, 1.807) is 30.3 Å². The molecular formula is C13H12N4O2S. The average Bonchev–Trinajstić information content (AvgIpc) is 2.46. The van der Waals surface area contributed by atoms with Crippen LogP contribution in [0.25, 0.3) is 0 Å². The summed E-state index contributed by atoms with van der Waals surface area (Å²) in [5, 5.41) is 2.51. The Hall–Kier alpha value is -2.54. The van der Waals surface area contributed by atoms with E-state index in [9.17, 15) is 4.79 Å². The maximum absolute atomic E-state index is 11.7. The zero-order valence-electron chi connectivity index (χ0n) is 10.4. The number of rotatable bonds is 5. The van der Waals surface area contributed by atoms with Gasteiger partial charge in [0, 0.05) is 12.4 Å². The van der Waals surface area contributed by atoms with Crippen LogP contribution in [-0.2, 0) is 4.79 Å². The number of thiocarbonyl (C=S) groups is 1. The SMILES string of the molecule is NC(=S)c1ccccc1OCC(=O)Nc1ncccn1. The molecule has 1 aromatic heterocycles. The summed E-state index contributed by atoms with van der Waals surface area (Å²) in [6.45, 7) is -0.183. The van der Waals surface area contributed by atoms with Crippen molar-refractivity contribution >= 4 is 29.1 Å². The average molecular weight is 288 g/mol. The highest BCUT2D eigenvalue weighted by Crippen LogP contribution is 2.17. The highest BCUT2D eigenvalue weighted by Gasteiger charge is 2.09. The molecule has 0 fully saturated rings. The Kier molecular flexibility index (Phi) is 4.56. The molecular weight excluding hydrogens is 276 g/mol. The van der Waals surface area contributed by atoms with Crippen molar-refractivity contribution in [2.45, 2.75) is 0 Å². The number of carbonyl (C=O) groups excluding carboxylic acids is 1. The normalized spacial score (nSPS) is 9.80. The van der Waals surface area contributed by atoms with E-state index in [2.05, 4.69) is 15.3 Å². The molecule has 0 aliphatic carbocycles. The van der Waals surface area contributed by atoms with Gasteiger partial charge < -0.3 is 10.5 Å². The first-order chi connectivity index (χ1) is 9.66. The van der Waals surface area contributed by atoms with Crippen LogP contribution in [0.4, 0.5) is 5.95 Å². The Balaban J connectivity index is 1.96. The Morgan fingerprint density at radius 1 is 1.25 bits per heavy atom. The van der Waals surface area contributed by atoms with Crippen molar-refractivity contribution in [2.24, 2.45) is 5.73 Å². The topological polar surface area (TPSA) is 90.1 Å². The number of hydrogen-bond acceptors (Lipinski definition) is 5. The number of para-hydroxylation sites is 1. The lowest BCUT2D eigenvalue weighted by Gasteiger charge is -2.10. The maximum Gasteiger partial charge on any atom is 0.264 e. The van der Waals surface area contributed by atoms with E-state index in [0.29, 0.717) is 11.3 Å². The second kappa shape index (κ2) is 6.58. The fourth-order valence-corrected chi connectivity index (χ4v) is 1.63. The number of hydrogen-bond donors (Lipinski definition) is 2. The number of anilines is 1. The summed E-state index contributed by atoms with van der Waals surface area (Å²) in [4.78, 5) is 19.7. The molecule has 6 nitrogen and oxygen atoms in total. The summed E-state index contributed by atoms with van der Waals surface area (Å²) in [5.74, 6) is 0.321. The van der Waals surface area contributed by atoms with E-state index in [1.807, 2.05) is 0 Å². The summed E-state index contributed by atoms with van der Waals surface area (Å²) in [6, 6.07) is 8.65. The third-order valence-corrected chi connectivity index (χ3v) is 2.55. The number of nitrogens with one attached hydrogen (secondary N) is 1. The highest BCUT2D eigenvalue weighted by atomic mass is 32.1. The molecule has 1 amide bonds. The molecule has 0 aliphatic rings. The van der Waals surface area contributed by atoms with Crippen LogP contribution in [0.1, 0.15) is 5.56 Å². The molecule has 0 unspecified atom stereocenters. The third kappa shape index (κ3) is 3.72. The smallest absolute Gasteiger partial charge is 0.264 e. The zero-order chi connectivity index (χ0) is 14.4. The minimum atomic E-state index is -0.367. The zero-order valence-corrected chi connectivity index (χ0v) is 11.3. The highest BCUT2D eigenvalue weighted by molar-refractivity contribution is 7.80. The first kappa shape index (κ1) is 13.9. The lowest BCUT2D eigenvalue weighted by atomic mass is 10.2. The van der Waals surface area contributed by atoms with Crippen molar-refractivity contribution < 1.29 is 9.53 Å². The number of nitrogens with two attached hydrogens (primary N) is 1. The van der Waals surface area contributed by atoms with E-state index in [-0.39, 0.29) is 23.5 Å². The van der Waals surface area contributed by atoms with Crippen molar-refractivity contribution in [2.75, 3.05) is 11.9 Å².